The molecule has 0 radical (unpaired) electrons. The Morgan fingerprint density at radius 1 is 0.886 bits per heavy atom. The molecule has 2 aliphatic heterocycles. The number of likely N-dealkylation sites (N-methyl/N-ethyl adjacent to an activating group) is 1. The van der Waals surface area contributed by atoms with E-state index in [9.17, 15) is 13.2 Å². The molecule has 2 aliphatic rings. The topological polar surface area (TPSA) is 59.6 Å². The Kier molecular flexibility index (Phi) is 6.89. The quantitative estimate of drug-likeness (QED) is 0.641. The third kappa shape index (κ3) is 5.48. The molecular formula is C25H36F3N7. The highest BCUT2D eigenvalue weighted by molar-refractivity contribution is 5.62. The maximum absolute atomic E-state index is 14.9. The van der Waals surface area contributed by atoms with Crippen molar-refractivity contribution in [2.75, 3.05) is 55.8 Å². The molecule has 0 aliphatic carbocycles. The number of nitrogens with zero attached hydrogens (tertiary/aromatic N) is 5. The first-order valence-electron chi connectivity index (χ1n) is 12.1. The molecular weight excluding hydrogens is 455 g/mol. The van der Waals surface area contributed by atoms with Crippen LogP contribution in [0.1, 0.15) is 40.5 Å². The van der Waals surface area contributed by atoms with Gasteiger partial charge >= 0.3 is 0 Å². The van der Waals surface area contributed by atoms with E-state index in [0.29, 0.717) is 13.1 Å². The number of halogens is 3. The van der Waals surface area contributed by atoms with Gasteiger partial charge in [0.2, 0.25) is 5.95 Å². The van der Waals surface area contributed by atoms with Crippen molar-refractivity contribution < 1.29 is 13.2 Å². The van der Waals surface area contributed by atoms with Gasteiger partial charge in [-0.2, -0.15) is 4.98 Å². The zero-order valence-corrected chi connectivity index (χ0v) is 21.4. The van der Waals surface area contributed by atoms with Crippen molar-refractivity contribution >= 4 is 23.1 Å². The lowest BCUT2D eigenvalue weighted by Gasteiger charge is -2.53. The van der Waals surface area contributed by atoms with E-state index in [1.54, 1.807) is 4.90 Å². The van der Waals surface area contributed by atoms with Crippen LogP contribution in [0.15, 0.2) is 18.3 Å². The van der Waals surface area contributed by atoms with Gasteiger partial charge in [-0.15, -0.1) is 0 Å². The van der Waals surface area contributed by atoms with Crippen LogP contribution in [0.25, 0.3) is 0 Å². The highest BCUT2D eigenvalue weighted by Gasteiger charge is 2.43. The van der Waals surface area contributed by atoms with E-state index in [1.807, 2.05) is 7.05 Å². The summed E-state index contributed by atoms with van der Waals surface area (Å²) in [7, 11) is 4.09. The van der Waals surface area contributed by atoms with Crippen molar-refractivity contribution in [1.82, 2.24) is 19.8 Å². The van der Waals surface area contributed by atoms with Crippen LogP contribution in [0.4, 0.5) is 36.3 Å². The number of rotatable bonds is 5. The number of piperazine rings is 1. The van der Waals surface area contributed by atoms with E-state index < -0.39 is 17.5 Å². The minimum absolute atomic E-state index is 0.00575. The van der Waals surface area contributed by atoms with Gasteiger partial charge in [-0.05, 0) is 66.8 Å². The van der Waals surface area contributed by atoms with Crippen LogP contribution in [0.5, 0.6) is 0 Å². The maximum atomic E-state index is 14.9. The van der Waals surface area contributed by atoms with Gasteiger partial charge in [0, 0.05) is 49.0 Å². The Balaban J connectivity index is 1.50. The zero-order chi connectivity index (χ0) is 25.5. The predicted octanol–water partition coefficient (Wildman–Crippen LogP) is 4.45. The first-order chi connectivity index (χ1) is 16.4. The van der Waals surface area contributed by atoms with Crippen molar-refractivity contribution in [1.29, 1.82) is 0 Å². The molecule has 192 valence electrons. The number of hydrogen-bond acceptors (Lipinski definition) is 7. The predicted molar refractivity (Wildman–Crippen MR) is 134 cm³/mol. The van der Waals surface area contributed by atoms with Gasteiger partial charge in [0.15, 0.2) is 23.3 Å². The standard InChI is InChI=1S/C25H36F3N7/c1-24(2)13-17(14-25(3,4)34(24)6)30-22-20(28)15-29-23(32-22)31-16-11-18(26)21(19(27)12-16)35-9-7-33(5)8-10-35/h11-12,15,17H,7-10,13-14H2,1-6H3,(H2,29,30,31,32). The summed E-state index contributed by atoms with van der Waals surface area (Å²) in [4.78, 5) is 14.4. The molecule has 35 heavy (non-hydrogen) atoms. The van der Waals surface area contributed by atoms with Crippen LogP contribution < -0.4 is 15.5 Å². The van der Waals surface area contributed by atoms with Gasteiger partial charge in [-0.1, -0.05) is 0 Å². The van der Waals surface area contributed by atoms with Crippen LogP contribution in [0, 0.1) is 17.5 Å². The number of hydrogen-bond donors (Lipinski definition) is 2. The Labute approximate surface area is 205 Å². The van der Waals surface area contributed by atoms with Crippen LogP contribution in [-0.4, -0.2) is 77.2 Å². The number of nitrogens with one attached hydrogen (secondary N) is 2. The van der Waals surface area contributed by atoms with Crippen LogP contribution >= 0.6 is 0 Å². The summed E-state index contributed by atoms with van der Waals surface area (Å²) in [6.45, 7) is 11.3. The maximum Gasteiger partial charge on any atom is 0.229 e. The van der Waals surface area contributed by atoms with Gasteiger partial charge in [-0.25, -0.2) is 18.2 Å². The lowest BCUT2D eigenvalue weighted by atomic mass is 9.77. The van der Waals surface area contributed by atoms with Crippen molar-refractivity contribution in [3.05, 3.63) is 35.8 Å². The molecule has 2 N–H and O–H groups in total. The molecule has 0 atom stereocenters. The molecule has 2 fully saturated rings. The SMILES string of the molecule is CN1CCN(c2c(F)cc(Nc3ncc(F)c(NC4CC(C)(C)N(C)C(C)(C)C4)n3)cc2F)CC1. The highest BCUT2D eigenvalue weighted by Crippen LogP contribution is 2.38. The molecule has 2 aromatic rings. The van der Waals surface area contributed by atoms with Crippen LogP contribution in [0.3, 0.4) is 0 Å². The van der Waals surface area contributed by atoms with Gasteiger partial charge in [0.05, 0.1) is 6.20 Å². The summed E-state index contributed by atoms with van der Waals surface area (Å²) in [5.41, 5.74) is -0.0228. The summed E-state index contributed by atoms with van der Waals surface area (Å²) in [5.74, 6) is -1.76. The number of benzene rings is 1. The van der Waals surface area contributed by atoms with Crippen molar-refractivity contribution in [3.8, 4) is 0 Å². The van der Waals surface area contributed by atoms with Gasteiger partial charge < -0.3 is 20.4 Å². The number of aromatic nitrogens is 2. The molecule has 0 spiro atoms. The van der Waals surface area contributed by atoms with Gasteiger partial charge in [0.25, 0.3) is 0 Å². The fourth-order valence-electron chi connectivity index (χ4n) is 5.29. The molecule has 0 amide bonds. The Morgan fingerprint density at radius 2 is 1.46 bits per heavy atom. The number of anilines is 4. The number of likely N-dealkylation sites (tertiary alicyclic amines) is 1. The average Bonchev–Trinajstić information content (AvgIpc) is 2.75. The third-order valence-electron chi connectivity index (χ3n) is 7.49. The lowest BCUT2D eigenvalue weighted by Crippen LogP contribution is -2.61. The molecule has 10 heteroatoms. The second kappa shape index (κ2) is 9.46. The molecule has 2 saturated heterocycles. The fraction of sp³-hybridized carbons (Fsp3) is 0.600. The highest BCUT2D eigenvalue weighted by atomic mass is 19.1. The van der Waals surface area contributed by atoms with E-state index in [0.717, 1.165) is 32.1 Å². The zero-order valence-electron chi connectivity index (χ0n) is 21.4. The fourth-order valence-corrected chi connectivity index (χ4v) is 5.29. The summed E-state index contributed by atoms with van der Waals surface area (Å²) in [5, 5.41) is 6.06. The van der Waals surface area contributed by atoms with E-state index >= 15 is 0 Å². The summed E-state index contributed by atoms with van der Waals surface area (Å²) in [6.07, 6.45) is 2.68. The van der Waals surface area contributed by atoms with Crippen LogP contribution in [-0.2, 0) is 0 Å². The molecule has 1 aromatic heterocycles. The molecule has 0 bridgehead atoms. The molecule has 0 saturated carbocycles. The minimum atomic E-state index is -0.659. The average molecular weight is 492 g/mol. The van der Waals surface area contributed by atoms with Crippen molar-refractivity contribution in [2.24, 2.45) is 0 Å². The van der Waals surface area contributed by atoms with E-state index in [1.165, 1.54) is 12.1 Å². The van der Waals surface area contributed by atoms with E-state index in [4.69, 9.17) is 0 Å². The number of piperidine rings is 1. The first-order valence-corrected chi connectivity index (χ1v) is 12.1. The molecule has 4 rings (SSSR count). The van der Waals surface area contributed by atoms with Gasteiger partial charge in [0.1, 0.15) is 5.69 Å². The Hall–Kier alpha value is -2.59. The van der Waals surface area contributed by atoms with Crippen molar-refractivity contribution in [2.45, 2.75) is 57.7 Å². The smallest absolute Gasteiger partial charge is 0.229 e. The Morgan fingerprint density at radius 3 is 2.03 bits per heavy atom. The third-order valence-corrected chi connectivity index (χ3v) is 7.49. The molecule has 1 aromatic carbocycles. The Bertz CT molecular complexity index is 1030. The second-order valence-electron chi connectivity index (χ2n) is 11.0. The largest absolute Gasteiger partial charge is 0.365 e. The molecule has 7 nitrogen and oxygen atoms in total. The summed E-state index contributed by atoms with van der Waals surface area (Å²) in [6, 6.07) is 2.45. The molecule has 3 heterocycles. The monoisotopic (exact) mass is 491 g/mol. The second-order valence-corrected chi connectivity index (χ2v) is 11.0. The summed E-state index contributed by atoms with van der Waals surface area (Å²) < 4.78 is 44.3. The van der Waals surface area contributed by atoms with E-state index in [2.05, 4.69) is 65.1 Å². The van der Waals surface area contributed by atoms with Crippen LogP contribution in [0.2, 0.25) is 0 Å². The minimum Gasteiger partial charge on any atom is -0.365 e. The first kappa shape index (κ1) is 25.5. The normalized spacial score (nSPS) is 21.2. The summed E-state index contributed by atoms with van der Waals surface area (Å²) >= 11 is 0. The molecule has 0 unspecified atom stereocenters. The van der Waals surface area contributed by atoms with Crippen molar-refractivity contribution in [3.63, 3.8) is 0 Å². The van der Waals surface area contributed by atoms with E-state index in [-0.39, 0.29) is 40.3 Å². The van der Waals surface area contributed by atoms with Gasteiger partial charge in [-0.3, -0.25) is 4.90 Å². The lowest BCUT2D eigenvalue weighted by molar-refractivity contribution is -0.00778.